The number of nitrogens with zero attached hydrogens (tertiary/aromatic N) is 3. The third-order valence-corrected chi connectivity index (χ3v) is 7.60. The molecule has 0 bridgehead atoms. The van der Waals surface area contributed by atoms with Gasteiger partial charge < -0.3 is 5.32 Å². The molecule has 2 heterocycles. The topological polar surface area (TPSA) is 94.6 Å². The monoisotopic (exact) mass is 499 g/mol. The lowest BCUT2D eigenvalue weighted by Crippen LogP contribution is -2.51. The molecule has 182 valence electrons. The minimum Gasteiger partial charge on any atom is -0.314 e. The number of fused-ring (bicyclic) bond motifs is 1. The molecule has 5 rings (SSSR count). The fraction of sp³-hybridized carbons (Fsp3) is 0.185. The zero-order valence-corrected chi connectivity index (χ0v) is 20.7. The van der Waals surface area contributed by atoms with E-state index >= 15 is 0 Å². The number of amides is 4. The number of hydrogen-bond acceptors (Lipinski definition) is 6. The molecule has 8 nitrogen and oxygen atoms in total. The van der Waals surface area contributed by atoms with Gasteiger partial charge >= 0.3 is 6.03 Å². The average Bonchev–Trinajstić information content (AvgIpc) is 3.44. The van der Waals surface area contributed by atoms with Crippen LogP contribution >= 0.6 is 11.3 Å². The Morgan fingerprint density at radius 2 is 1.58 bits per heavy atom. The standard InChI is InChI=1S/C27H25N5O3S/c1-18(24-28-21-15-9-10-16-22(21)36-24)31(2)17-23(33)30-32-25(34)27(29-26(32)35,19-11-5-3-6-12-19)20-13-7-4-8-14-20/h3-16,18H,17H2,1-2H3,(H,29,35)(H,30,33)/t18-/m1/s1. The molecule has 4 amide bonds. The number of carbonyl (C=O) groups excluding carboxylic acids is 3. The van der Waals surface area contributed by atoms with Gasteiger partial charge in [0, 0.05) is 0 Å². The van der Waals surface area contributed by atoms with Crippen LogP contribution in [0, 0.1) is 0 Å². The van der Waals surface area contributed by atoms with E-state index in [0.29, 0.717) is 11.1 Å². The van der Waals surface area contributed by atoms with Crippen molar-refractivity contribution < 1.29 is 14.4 Å². The summed E-state index contributed by atoms with van der Waals surface area (Å²) >= 11 is 1.58. The normalized spacial score (nSPS) is 15.8. The van der Waals surface area contributed by atoms with Crippen LogP contribution in [-0.4, -0.2) is 46.3 Å². The van der Waals surface area contributed by atoms with E-state index in [0.717, 1.165) is 20.2 Å². The van der Waals surface area contributed by atoms with Gasteiger partial charge in [-0.25, -0.2) is 9.78 Å². The maximum atomic E-state index is 13.7. The van der Waals surface area contributed by atoms with E-state index in [4.69, 9.17) is 0 Å². The Hall–Kier alpha value is -4.08. The highest BCUT2D eigenvalue weighted by atomic mass is 32.1. The quantitative estimate of drug-likeness (QED) is 0.377. The summed E-state index contributed by atoms with van der Waals surface area (Å²) in [6.07, 6.45) is 0. The molecule has 4 aromatic rings. The summed E-state index contributed by atoms with van der Waals surface area (Å²) in [7, 11) is 1.81. The van der Waals surface area contributed by atoms with Crippen molar-refractivity contribution in [2.75, 3.05) is 13.6 Å². The minimum absolute atomic E-state index is 0.0299. The Bertz CT molecular complexity index is 1350. The van der Waals surface area contributed by atoms with Gasteiger partial charge in [0.2, 0.25) is 0 Å². The number of nitrogens with one attached hydrogen (secondary N) is 2. The molecule has 2 N–H and O–H groups in total. The molecule has 0 unspecified atom stereocenters. The molecule has 0 spiro atoms. The van der Waals surface area contributed by atoms with Crippen molar-refractivity contribution in [3.8, 4) is 0 Å². The molecule has 1 aromatic heterocycles. The Labute approximate surface area is 212 Å². The van der Waals surface area contributed by atoms with Crippen LogP contribution in [0.15, 0.2) is 84.9 Å². The Morgan fingerprint density at radius 3 is 2.19 bits per heavy atom. The summed E-state index contributed by atoms with van der Waals surface area (Å²) in [6.45, 7) is 1.94. The Kier molecular flexibility index (Phi) is 6.26. The van der Waals surface area contributed by atoms with Gasteiger partial charge in [-0.1, -0.05) is 72.8 Å². The largest absolute Gasteiger partial charge is 0.344 e. The summed E-state index contributed by atoms with van der Waals surface area (Å²) in [6, 6.07) is 25.1. The molecule has 1 aliphatic heterocycles. The summed E-state index contributed by atoms with van der Waals surface area (Å²) < 4.78 is 1.08. The number of benzene rings is 3. The first-order valence-electron chi connectivity index (χ1n) is 11.5. The highest BCUT2D eigenvalue weighted by Gasteiger charge is 2.54. The average molecular weight is 500 g/mol. The van der Waals surface area contributed by atoms with Crippen molar-refractivity contribution in [2.24, 2.45) is 0 Å². The van der Waals surface area contributed by atoms with Crippen LogP contribution in [0.25, 0.3) is 10.2 Å². The molecule has 3 aromatic carbocycles. The van der Waals surface area contributed by atoms with Gasteiger partial charge in [0.25, 0.3) is 11.8 Å². The van der Waals surface area contributed by atoms with Crippen molar-refractivity contribution in [3.05, 3.63) is 101 Å². The number of hydrazine groups is 1. The van der Waals surface area contributed by atoms with Gasteiger partial charge in [-0.2, -0.15) is 5.01 Å². The van der Waals surface area contributed by atoms with Gasteiger partial charge in [0.1, 0.15) is 5.01 Å². The van der Waals surface area contributed by atoms with Gasteiger partial charge in [0.15, 0.2) is 5.54 Å². The van der Waals surface area contributed by atoms with Crippen LogP contribution in [-0.2, 0) is 15.1 Å². The van der Waals surface area contributed by atoms with E-state index in [-0.39, 0.29) is 12.6 Å². The molecule has 0 radical (unpaired) electrons. The molecule has 1 aliphatic rings. The van der Waals surface area contributed by atoms with Crippen molar-refractivity contribution >= 4 is 39.4 Å². The highest BCUT2D eigenvalue weighted by Crippen LogP contribution is 2.35. The predicted octanol–water partition coefficient (Wildman–Crippen LogP) is 3.82. The van der Waals surface area contributed by atoms with Crippen LogP contribution in [0.5, 0.6) is 0 Å². The third-order valence-electron chi connectivity index (χ3n) is 6.39. The van der Waals surface area contributed by atoms with Crippen molar-refractivity contribution in [2.45, 2.75) is 18.5 Å². The van der Waals surface area contributed by atoms with Crippen molar-refractivity contribution in [1.29, 1.82) is 0 Å². The minimum atomic E-state index is -1.44. The summed E-state index contributed by atoms with van der Waals surface area (Å²) in [5.41, 5.74) is 3.20. The smallest absolute Gasteiger partial charge is 0.314 e. The molecular weight excluding hydrogens is 474 g/mol. The van der Waals surface area contributed by atoms with E-state index in [2.05, 4.69) is 15.7 Å². The van der Waals surface area contributed by atoms with Crippen LogP contribution < -0.4 is 10.7 Å². The molecular formula is C27H25N5O3S. The fourth-order valence-electron chi connectivity index (χ4n) is 4.35. The first kappa shape index (κ1) is 23.7. The lowest BCUT2D eigenvalue weighted by atomic mass is 9.83. The molecule has 0 aliphatic carbocycles. The number of imide groups is 1. The fourth-order valence-corrected chi connectivity index (χ4v) is 5.43. The Morgan fingerprint density at radius 1 is 1.00 bits per heavy atom. The summed E-state index contributed by atoms with van der Waals surface area (Å²) in [4.78, 5) is 46.1. The molecule has 9 heteroatoms. The number of carbonyl (C=O) groups is 3. The SMILES string of the molecule is C[C@H](c1nc2ccccc2s1)N(C)CC(=O)NN1C(=O)NC(c2ccccc2)(c2ccccc2)C1=O. The maximum absolute atomic E-state index is 13.7. The van der Waals surface area contributed by atoms with E-state index in [9.17, 15) is 14.4 Å². The lowest BCUT2D eigenvalue weighted by molar-refractivity contribution is -0.138. The number of thiazole rings is 1. The van der Waals surface area contributed by atoms with E-state index < -0.39 is 23.4 Å². The summed E-state index contributed by atoms with van der Waals surface area (Å²) in [5, 5.41) is 4.48. The molecule has 1 fully saturated rings. The van der Waals surface area contributed by atoms with Crippen molar-refractivity contribution in [1.82, 2.24) is 25.6 Å². The van der Waals surface area contributed by atoms with Crippen LogP contribution in [0.2, 0.25) is 0 Å². The summed E-state index contributed by atoms with van der Waals surface area (Å²) in [5.74, 6) is -1.05. The molecule has 36 heavy (non-hydrogen) atoms. The van der Waals surface area contributed by atoms with Gasteiger partial charge in [-0.15, -0.1) is 11.3 Å². The van der Waals surface area contributed by atoms with Gasteiger partial charge in [-0.05, 0) is 37.2 Å². The van der Waals surface area contributed by atoms with Crippen LogP contribution in [0.4, 0.5) is 4.79 Å². The maximum Gasteiger partial charge on any atom is 0.344 e. The number of likely N-dealkylation sites (N-methyl/N-ethyl adjacent to an activating group) is 1. The van der Waals surface area contributed by atoms with Crippen LogP contribution in [0.1, 0.15) is 29.1 Å². The van der Waals surface area contributed by atoms with Gasteiger partial charge in [-0.3, -0.25) is 19.9 Å². The zero-order valence-electron chi connectivity index (χ0n) is 19.8. The van der Waals surface area contributed by atoms with E-state index in [1.54, 1.807) is 66.9 Å². The lowest BCUT2D eigenvalue weighted by Gasteiger charge is -2.28. The number of rotatable bonds is 7. The second-order valence-corrected chi connectivity index (χ2v) is 9.76. The van der Waals surface area contributed by atoms with E-state index in [1.807, 2.05) is 48.2 Å². The second kappa shape index (κ2) is 9.52. The van der Waals surface area contributed by atoms with Crippen LogP contribution in [0.3, 0.4) is 0 Å². The third kappa shape index (κ3) is 4.12. The second-order valence-electron chi connectivity index (χ2n) is 8.70. The molecule has 1 saturated heterocycles. The molecule has 1 atom stereocenters. The number of aromatic nitrogens is 1. The number of hydrogen-bond donors (Lipinski definition) is 2. The zero-order chi connectivity index (χ0) is 25.3. The van der Waals surface area contributed by atoms with Gasteiger partial charge in [0.05, 0.1) is 22.8 Å². The first-order chi connectivity index (χ1) is 17.4. The first-order valence-corrected chi connectivity index (χ1v) is 12.3. The van der Waals surface area contributed by atoms with E-state index in [1.165, 1.54) is 0 Å². The number of urea groups is 1. The molecule has 0 saturated carbocycles. The number of para-hydroxylation sites is 1. The predicted molar refractivity (Wildman–Crippen MR) is 138 cm³/mol. The highest BCUT2D eigenvalue weighted by molar-refractivity contribution is 7.18. The Balaban J connectivity index is 1.34. The van der Waals surface area contributed by atoms with Crippen molar-refractivity contribution in [3.63, 3.8) is 0 Å².